The molecule has 0 aliphatic heterocycles. The minimum atomic E-state index is -0.876. The molecule has 0 heterocycles. The molecule has 7 heteroatoms. The summed E-state index contributed by atoms with van der Waals surface area (Å²) in [6.07, 6.45) is 1.44. The lowest BCUT2D eigenvalue weighted by molar-refractivity contribution is -0.136. The van der Waals surface area contributed by atoms with E-state index in [0.717, 1.165) is 16.7 Å². The van der Waals surface area contributed by atoms with Crippen LogP contribution in [0.5, 0.6) is 11.5 Å². The lowest BCUT2D eigenvalue weighted by Crippen LogP contribution is -2.32. The highest BCUT2D eigenvalue weighted by Crippen LogP contribution is 2.16. The van der Waals surface area contributed by atoms with Crippen molar-refractivity contribution >= 4 is 23.7 Å². The fraction of sp³-hybridized carbons (Fsp3) is 0.125. The van der Waals surface area contributed by atoms with E-state index in [1.54, 1.807) is 37.4 Å². The van der Waals surface area contributed by atoms with E-state index in [0.29, 0.717) is 23.8 Å². The average molecular weight is 417 g/mol. The number of carbonyl (C=O) groups excluding carboxylic acids is 2. The van der Waals surface area contributed by atoms with Crippen molar-refractivity contribution in [2.24, 2.45) is 5.10 Å². The van der Waals surface area contributed by atoms with Crippen molar-refractivity contribution in [2.45, 2.75) is 13.5 Å². The zero-order chi connectivity index (χ0) is 22.1. The predicted molar refractivity (Wildman–Crippen MR) is 119 cm³/mol. The van der Waals surface area contributed by atoms with Crippen LogP contribution in [0.1, 0.15) is 16.7 Å². The lowest BCUT2D eigenvalue weighted by Gasteiger charge is -2.09. The van der Waals surface area contributed by atoms with Crippen molar-refractivity contribution < 1.29 is 19.1 Å². The normalized spacial score (nSPS) is 10.5. The maximum atomic E-state index is 12.0. The third-order valence-electron chi connectivity index (χ3n) is 4.45. The van der Waals surface area contributed by atoms with Crippen LogP contribution in [-0.2, 0) is 16.2 Å². The van der Waals surface area contributed by atoms with Gasteiger partial charge in [-0.05, 0) is 60.0 Å². The van der Waals surface area contributed by atoms with Gasteiger partial charge in [0.25, 0.3) is 0 Å². The summed E-state index contributed by atoms with van der Waals surface area (Å²) in [5, 5.41) is 6.33. The predicted octanol–water partition coefficient (Wildman–Crippen LogP) is 3.67. The number of nitrogens with one attached hydrogen (secondary N) is 2. The molecule has 31 heavy (non-hydrogen) atoms. The average Bonchev–Trinajstić information content (AvgIpc) is 2.79. The maximum absolute atomic E-state index is 12.0. The van der Waals surface area contributed by atoms with Gasteiger partial charge >= 0.3 is 11.8 Å². The Balaban J connectivity index is 1.51. The van der Waals surface area contributed by atoms with Crippen molar-refractivity contribution in [3.8, 4) is 11.5 Å². The highest BCUT2D eigenvalue weighted by molar-refractivity contribution is 6.39. The maximum Gasteiger partial charge on any atom is 0.329 e. The molecule has 0 fully saturated rings. The van der Waals surface area contributed by atoms with E-state index < -0.39 is 11.8 Å². The van der Waals surface area contributed by atoms with Crippen LogP contribution in [0, 0.1) is 6.92 Å². The number of anilines is 1. The van der Waals surface area contributed by atoms with Gasteiger partial charge in [0, 0.05) is 5.69 Å². The number of carbonyl (C=O) groups is 2. The molecule has 3 aromatic carbocycles. The SMILES string of the molecule is COc1ccc(NC(=O)C(=O)N/N=C/c2cccc(OCc3ccccc3C)c2)cc1. The summed E-state index contributed by atoms with van der Waals surface area (Å²) in [6.45, 7) is 2.49. The second kappa shape index (κ2) is 10.6. The topological polar surface area (TPSA) is 89.0 Å². The molecule has 0 bridgehead atoms. The molecule has 3 aromatic rings. The first-order valence-corrected chi connectivity index (χ1v) is 9.61. The van der Waals surface area contributed by atoms with E-state index in [1.807, 2.05) is 49.4 Å². The molecule has 0 saturated carbocycles. The molecule has 158 valence electrons. The van der Waals surface area contributed by atoms with Gasteiger partial charge in [-0.1, -0.05) is 36.4 Å². The number of hydrogen-bond acceptors (Lipinski definition) is 5. The highest BCUT2D eigenvalue weighted by atomic mass is 16.5. The Morgan fingerprint density at radius 2 is 1.71 bits per heavy atom. The van der Waals surface area contributed by atoms with E-state index >= 15 is 0 Å². The van der Waals surface area contributed by atoms with E-state index in [9.17, 15) is 9.59 Å². The van der Waals surface area contributed by atoms with Crippen molar-refractivity contribution in [2.75, 3.05) is 12.4 Å². The van der Waals surface area contributed by atoms with Crippen molar-refractivity contribution in [3.05, 3.63) is 89.5 Å². The van der Waals surface area contributed by atoms with Gasteiger partial charge in [-0.25, -0.2) is 5.43 Å². The first kappa shape index (κ1) is 21.6. The number of ether oxygens (including phenoxy) is 2. The molecule has 0 saturated heterocycles. The molecular formula is C24H23N3O4. The fourth-order valence-electron chi connectivity index (χ4n) is 2.70. The fourth-order valence-corrected chi connectivity index (χ4v) is 2.70. The summed E-state index contributed by atoms with van der Waals surface area (Å²) in [6, 6.07) is 21.9. The Hall–Kier alpha value is -4.13. The van der Waals surface area contributed by atoms with Gasteiger partial charge in [-0.15, -0.1) is 0 Å². The van der Waals surface area contributed by atoms with Crippen molar-refractivity contribution in [1.82, 2.24) is 5.43 Å². The molecule has 0 aliphatic rings. The zero-order valence-electron chi connectivity index (χ0n) is 17.3. The Labute approximate surface area is 180 Å². The smallest absolute Gasteiger partial charge is 0.329 e. The van der Waals surface area contributed by atoms with E-state index in [4.69, 9.17) is 9.47 Å². The summed E-state index contributed by atoms with van der Waals surface area (Å²) < 4.78 is 10.9. The monoisotopic (exact) mass is 417 g/mol. The van der Waals surface area contributed by atoms with Gasteiger partial charge in [0.2, 0.25) is 0 Å². The van der Waals surface area contributed by atoms with Crippen molar-refractivity contribution in [1.29, 1.82) is 0 Å². The summed E-state index contributed by atoms with van der Waals surface area (Å²) in [4.78, 5) is 23.9. The van der Waals surface area contributed by atoms with Crippen LogP contribution in [0.3, 0.4) is 0 Å². The van der Waals surface area contributed by atoms with E-state index in [-0.39, 0.29) is 0 Å². The highest BCUT2D eigenvalue weighted by Gasteiger charge is 2.12. The van der Waals surface area contributed by atoms with E-state index in [2.05, 4.69) is 15.8 Å². The first-order chi connectivity index (χ1) is 15.0. The quantitative estimate of drug-likeness (QED) is 0.349. The molecule has 0 aliphatic carbocycles. The Morgan fingerprint density at radius 1 is 0.935 bits per heavy atom. The molecule has 0 radical (unpaired) electrons. The number of aryl methyl sites for hydroxylation is 1. The third-order valence-corrected chi connectivity index (χ3v) is 4.45. The molecule has 0 atom stereocenters. The number of methoxy groups -OCH3 is 1. The number of benzene rings is 3. The number of amides is 2. The lowest BCUT2D eigenvalue weighted by atomic mass is 10.1. The van der Waals surface area contributed by atoms with Gasteiger partial charge < -0.3 is 14.8 Å². The van der Waals surface area contributed by atoms with Gasteiger partial charge in [-0.3, -0.25) is 9.59 Å². The minimum Gasteiger partial charge on any atom is -0.497 e. The second-order valence-electron chi connectivity index (χ2n) is 6.67. The van der Waals surface area contributed by atoms with Crippen molar-refractivity contribution in [3.63, 3.8) is 0 Å². The number of hydrogen-bond donors (Lipinski definition) is 2. The van der Waals surface area contributed by atoms with Crippen LogP contribution >= 0.6 is 0 Å². The van der Waals surface area contributed by atoms with Crippen LogP contribution in [0.25, 0.3) is 0 Å². The summed E-state index contributed by atoms with van der Waals surface area (Å²) in [5.74, 6) is -0.371. The molecule has 3 rings (SSSR count). The van der Waals surface area contributed by atoms with E-state index in [1.165, 1.54) is 6.21 Å². The molecule has 0 unspecified atom stereocenters. The summed E-state index contributed by atoms with van der Waals surface area (Å²) >= 11 is 0. The first-order valence-electron chi connectivity index (χ1n) is 9.61. The Kier molecular flexibility index (Phi) is 7.37. The zero-order valence-corrected chi connectivity index (χ0v) is 17.3. The van der Waals surface area contributed by atoms with Gasteiger partial charge in [0.15, 0.2) is 0 Å². The van der Waals surface area contributed by atoms with Crippen LogP contribution < -0.4 is 20.2 Å². The van der Waals surface area contributed by atoms with Gasteiger partial charge in [-0.2, -0.15) is 5.10 Å². The van der Waals surface area contributed by atoms with Crippen LogP contribution in [-0.4, -0.2) is 25.1 Å². The van der Waals surface area contributed by atoms with Gasteiger partial charge in [0.1, 0.15) is 18.1 Å². The summed E-state index contributed by atoms with van der Waals surface area (Å²) in [5.41, 5.74) is 5.68. The molecule has 2 N–H and O–H groups in total. The second-order valence-corrected chi connectivity index (χ2v) is 6.67. The molecule has 0 spiro atoms. The molecule has 2 amide bonds. The summed E-state index contributed by atoms with van der Waals surface area (Å²) in [7, 11) is 1.55. The number of hydrazone groups is 1. The Morgan fingerprint density at radius 3 is 2.45 bits per heavy atom. The molecular weight excluding hydrogens is 394 g/mol. The van der Waals surface area contributed by atoms with Crippen LogP contribution in [0.15, 0.2) is 77.9 Å². The van der Waals surface area contributed by atoms with Crippen LogP contribution in [0.4, 0.5) is 5.69 Å². The third kappa shape index (κ3) is 6.43. The standard InChI is InChI=1S/C24H23N3O4/c1-17-6-3-4-8-19(17)16-31-22-9-5-7-18(14-22)15-25-27-24(29)23(28)26-20-10-12-21(30-2)13-11-20/h3-15H,16H2,1-2H3,(H,26,28)(H,27,29)/b25-15+. The molecule has 0 aromatic heterocycles. The number of nitrogens with zero attached hydrogens (tertiary/aromatic N) is 1. The number of rotatable bonds is 7. The minimum absolute atomic E-state index is 0.454. The Bertz CT molecular complexity index is 1080. The molecule has 7 nitrogen and oxygen atoms in total. The largest absolute Gasteiger partial charge is 0.497 e. The van der Waals surface area contributed by atoms with Gasteiger partial charge in [0.05, 0.1) is 13.3 Å². The van der Waals surface area contributed by atoms with Crippen LogP contribution in [0.2, 0.25) is 0 Å².